The summed E-state index contributed by atoms with van der Waals surface area (Å²) in [5.74, 6) is 0. The van der Waals surface area contributed by atoms with Crippen molar-refractivity contribution in [1.82, 2.24) is 19.5 Å². The van der Waals surface area contributed by atoms with Gasteiger partial charge in [-0.2, -0.15) is 10.4 Å². The van der Waals surface area contributed by atoms with Crippen molar-refractivity contribution in [3.05, 3.63) is 60.2 Å². The molecule has 2 heterocycles. The van der Waals surface area contributed by atoms with Crippen LogP contribution in [0.15, 0.2) is 48.9 Å². The third-order valence-corrected chi connectivity index (χ3v) is 3.30. The van der Waals surface area contributed by atoms with Crippen molar-refractivity contribution in [2.45, 2.75) is 0 Å². The van der Waals surface area contributed by atoms with Gasteiger partial charge in [-0.05, 0) is 11.6 Å². The summed E-state index contributed by atoms with van der Waals surface area (Å²) in [6.07, 6.45) is 7.14. The van der Waals surface area contributed by atoms with Crippen LogP contribution in [0.25, 0.3) is 22.9 Å². The standard InChI is InChI=1S/C17H15N5/c1-21(2)9-8-16-14(10-18)11-19-17-15(12-20-22(16)17)13-6-4-3-5-7-13/h3-9,11-12H,1-2H3. The Morgan fingerprint density at radius 2 is 1.95 bits per heavy atom. The van der Waals surface area contributed by atoms with Gasteiger partial charge >= 0.3 is 0 Å². The van der Waals surface area contributed by atoms with Gasteiger partial charge < -0.3 is 4.90 Å². The summed E-state index contributed by atoms with van der Waals surface area (Å²) in [5.41, 5.74) is 3.96. The lowest BCUT2D eigenvalue weighted by atomic mass is 10.1. The zero-order valence-corrected chi connectivity index (χ0v) is 12.4. The Morgan fingerprint density at radius 1 is 1.18 bits per heavy atom. The van der Waals surface area contributed by atoms with Crippen molar-refractivity contribution < 1.29 is 0 Å². The van der Waals surface area contributed by atoms with E-state index in [4.69, 9.17) is 0 Å². The molecule has 0 atom stereocenters. The van der Waals surface area contributed by atoms with E-state index in [1.54, 1.807) is 16.9 Å². The van der Waals surface area contributed by atoms with Crippen LogP contribution in [0.3, 0.4) is 0 Å². The fourth-order valence-electron chi connectivity index (χ4n) is 2.24. The van der Waals surface area contributed by atoms with E-state index in [0.29, 0.717) is 5.56 Å². The number of fused-ring (bicyclic) bond motifs is 1. The highest BCUT2D eigenvalue weighted by Crippen LogP contribution is 2.24. The number of benzene rings is 1. The van der Waals surface area contributed by atoms with E-state index in [1.807, 2.05) is 61.6 Å². The molecule has 0 spiro atoms. The van der Waals surface area contributed by atoms with Crippen molar-refractivity contribution in [1.29, 1.82) is 5.26 Å². The Morgan fingerprint density at radius 3 is 2.64 bits per heavy atom. The average molecular weight is 289 g/mol. The van der Waals surface area contributed by atoms with Crippen LogP contribution in [0.1, 0.15) is 11.3 Å². The molecule has 0 unspecified atom stereocenters. The molecule has 3 rings (SSSR count). The summed E-state index contributed by atoms with van der Waals surface area (Å²) in [7, 11) is 3.86. The fourth-order valence-corrected chi connectivity index (χ4v) is 2.24. The van der Waals surface area contributed by atoms with Gasteiger partial charge in [0.15, 0.2) is 5.65 Å². The van der Waals surface area contributed by atoms with Crippen LogP contribution in [-0.4, -0.2) is 33.6 Å². The third-order valence-electron chi connectivity index (χ3n) is 3.30. The van der Waals surface area contributed by atoms with Crippen LogP contribution < -0.4 is 0 Å². The van der Waals surface area contributed by atoms with Gasteiger partial charge in [-0.15, -0.1) is 0 Å². The summed E-state index contributed by atoms with van der Waals surface area (Å²) in [6.45, 7) is 0. The Labute approximate surface area is 128 Å². The lowest BCUT2D eigenvalue weighted by molar-refractivity contribution is 0.567. The van der Waals surface area contributed by atoms with Crippen molar-refractivity contribution in [3.8, 4) is 17.2 Å². The molecule has 0 radical (unpaired) electrons. The van der Waals surface area contributed by atoms with Crippen molar-refractivity contribution in [2.75, 3.05) is 14.1 Å². The van der Waals surface area contributed by atoms with Gasteiger partial charge in [0.25, 0.3) is 0 Å². The summed E-state index contributed by atoms with van der Waals surface area (Å²) >= 11 is 0. The molecular formula is C17H15N5. The molecule has 5 nitrogen and oxygen atoms in total. The van der Waals surface area contributed by atoms with E-state index < -0.39 is 0 Å². The Kier molecular flexibility index (Phi) is 3.58. The first-order valence-electron chi connectivity index (χ1n) is 6.87. The molecule has 1 aromatic carbocycles. The molecule has 3 aromatic rings. The maximum Gasteiger partial charge on any atom is 0.163 e. The molecule has 108 valence electrons. The highest BCUT2D eigenvalue weighted by atomic mass is 15.3. The van der Waals surface area contributed by atoms with Gasteiger partial charge in [-0.1, -0.05) is 30.3 Å². The van der Waals surface area contributed by atoms with Gasteiger partial charge in [0.2, 0.25) is 0 Å². The Bertz CT molecular complexity index is 869. The first kappa shape index (κ1) is 13.8. The first-order valence-corrected chi connectivity index (χ1v) is 6.87. The molecule has 0 aliphatic carbocycles. The van der Waals surface area contributed by atoms with E-state index in [9.17, 15) is 5.26 Å². The number of aromatic nitrogens is 3. The van der Waals surface area contributed by atoms with E-state index in [0.717, 1.165) is 22.5 Å². The van der Waals surface area contributed by atoms with Gasteiger partial charge in [-0.3, -0.25) is 0 Å². The minimum Gasteiger partial charge on any atom is -0.383 e. The molecule has 0 amide bonds. The summed E-state index contributed by atoms with van der Waals surface area (Å²) in [6, 6.07) is 12.1. The predicted molar refractivity (Wildman–Crippen MR) is 85.9 cm³/mol. The lowest BCUT2D eigenvalue weighted by Gasteiger charge is -2.06. The zero-order valence-electron chi connectivity index (χ0n) is 12.4. The van der Waals surface area contributed by atoms with Crippen LogP contribution >= 0.6 is 0 Å². The molecule has 2 aromatic heterocycles. The summed E-state index contributed by atoms with van der Waals surface area (Å²) in [5, 5.41) is 13.7. The van der Waals surface area contributed by atoms with Gasteiger partial charge in [-0.25, -0.2) is 9.50 Å². The molecule has 0 saturated heterocycles. The number of hydrogen-bond acceptors (Lipinski definition) is 4. The molecule has 0 aliphatic rings. The fraction of sp³-hybridized carbons (Fsp3) is 0.118. The molecule has 22 heavy (non-hydrogen) atoms. The largest absolute Gasteiger partial charge is 0.383 e. The number of nitrogens with zero attached hydrogens (tertiary/aromatic N) is 5. The minimum atomic E-state index is 0.494. The summed E-state index contributed by atoms with van der Waals surface area (Å²) < 4.78 is 1.71. The van der Waals surface area contributed by atoms with E-state index in [1.165, 1.54) is 0 Å². The van der Waals surface area contributed by atoms with E-state index >= 15 is 0 Å². The highest BCUT2D eigenvalue weighted by molar-refractivity contribution is 5.78. The summed E-state index contributed by atoms with van der Waals surface area (Å²) in [4.78, 5) is 6.32. The minimum absolute atomic E-state index is 0.494. The van der Waals surface area contributed by atoms with Crippen molar-refractivity contribution in [2.24, 2.45) is 0 Å². The molecule has 0 bridgehead atoms. The van der Waals surface area contributed by atoms with Crippen LogP contribution in [0.4, 0.5) is 0 Å². The SMILES string of the molecule is CN(C)C=Cc1c(C#N)cnc2c(-c3ccccc3)cnn12. The maximum atomic E-state index is 9.29. The van der Waals surface area contributed by atoms with Gasteiger partial charge in [0.05, 0.1) is 17.5 Å². The second kappa shape index (κ2) is 5.70. The van der Waals surface area contributed by atoms with Crippen LogP contribution in [0, 0.1) is 11.3 Å². The monoisotopic (exact) mass is 289 g/mol. The first-order chi connectivity index (χ1) is 10.7. The molecule has 5 heteroatoms. The van der Waals surface area contributed by atoms with E-state index in [-0.39, 0.29) is 0 Å². The molecule has 0 fully saturated rings. The topological polar surface area (TPSA) is 57.2 Å². The molecular weight excluding hydrogens is 274 g/mol. The number of nitriles is 1. The second-order valence-corrected chi connectivity index (χ2v) is 5.11. The van der Waals surface area contributed by atoms with Crippen LogP contribution in [-0.2, 0) is 0 Å². The normalized spacial score (nSPS) is 11.0. The highest BCUT2D eigenvalue weighted by Gasteiger charge is 2.12. The van der Waals surface area contributed by atoms with Gasteiger partial charge in [0, 0.05) is 32.1 Å². The number of rotatable bonds is 3. The Balaban J connectivity index is 2.22. The van der Waals surface area contributed by atoms with Crippen LogP contribution in [0.2, 0.25) is 0 Å². The smallest absolute Gasteiger partial charge is 0.163 e. The lowest BCUT2D eigenvalue weighted by Crippen LogP contribution is -2.03. The predicted octanol–water partition coefficient (Wildman–Crippen LogP) is 2.80. The quantitative estimate of drug-likeness (QED) is 0.744. The van der Waals surface area contributed by atoms with Gasteiger partial charge in [0.1, 0.15) is 6.07 Å². The maximum absolute atomic E-state index is 9.29. The van der Waals surface area contributed by atoms with Crippen molar-refractivity contribution in [3.63, 3.8) is 0 Å². The second-order valence-electron chi connectivity index (χ2n) is 5.11. The number of hydrogen-bond donors (Lipinski definition) is 0. The van der Waals surface area contributed by atoms with Crippen LogP contribution in [0.5, 0.6) is 0 Å². The molecule has 0 N–H and O–H groups in total. The van der Waals surface area contributed by atoms with Crippen molar-refractivity contribution >= 4 is 11.7 Å². The molecule has 0 aliphatic heterocycles. The average Bonchev–Trinajstić information content (AvgIpc) is 2.97. The zero-order chi connectivity index (χ0) is 15.5. The molecule has 0 saturated carbocycles. The third kappa shape index (κ3) is 2.42. The van der Waals surface area contributed by atoms with E-state index in [2.05, 4.69) is 16.2 Å². The Hall–Kier alpha value is -3.13.